The molecule has 0 aromatic carbocycles. The third-order valence-electron chi connectivity index (χ3n) is 3.24. The molecule has 0 radical (unpaired) electrons. The van der Waals surface area contributed by atoms with Crippen LogP contribution in [0.25, 0.3) is 0 Å². The van der Waals surface area contributed by atoms with Crippen molar-refractivity contribution in [1.29, 1.82) is 0 Å². The fourth-order valence-electron chi connectivity index (χ4n) is 2.13. The standard InChI is InChI=1S/C12H23NO4S2/c1-4-13-12(10-5-6-10,11(14)17-2)9-18-7-8-19(3,15)16/h10,13H,4-9H2,1-3H3. The van der Waals surface area contributed by atoms with Crippen molar-refractivity contribution in [2.45, 2.75) is 25.3 Å². The highest BCUT2D eigenvalue weighted by atomic mass is 32.2. The number of sulfone groups is 1. The maximum atomic E-state index is 12.1. The summed E-state index contributed by atoms with van der Waals surface area (Å²) in [7, 11) is -1.54. The molecular formula is C12H23NO4S2. The fourth-order valence-corrected chi connectivity index (χ4v) is 4.73. The number of likely N-dealkylation sites (N-methyl/N-ethyl adjacent to an activating group) is 1. The number of esters is 1. The molecule has 0 aliphatic heterocycles. The Labute approximate surface area is 119 Å². The van der Waals surface area contributed by atoms with E-state index in [1.165, 1.54) is 25.1 Å². The first-order chi connectivity index (χ1) is 8.85. The minimum Gasteiger partial charge on any atom is -0.468 e. The Bertz CT molecular complexity index is 406. The lowest BCUT2D eigenvalue weighted by molar-refractivity contribution is -0.148. The zero-order valence-corrected chi connectivity index (χ0v) is 13.4. The molecule has 1 saturated carbocycles. The molecule has 1 fully saturated rings. The summed E-state index contributed by atoms with van der Waals surface area (Å²) >= 11 is 1.50. The molecule has 0 saturated heterocycles. The molecule has 0 heterocycles. The SMILES string of the molecule is CCNC(CSCCS(C)(=O)=O)(C(=O)OC)C1CC1. The highest BCUT2D eigenvalue weighted by Gasteiger charge is 2.51. The molecule has 0 aromatic heterocycles. The normalized spacial score (nSPS) is 18.9. The van der Waals surface area contributed by atoms with Gasteiger partial charge >= 0.3 is 5.97 Å². The number of methoxy groups -OCH3 is 1. The molecule has 7 heteroatoms. The maximum Gasteiger partial charge on any atom is 0.327 e. The van der Waals surface area contributed by atoms with Crippen molar-refractivity contribution in [2.24, 2.45) is 5.92 Å². The molecule has 19 heavy (non-hydrogen) atoms. The number of hydrogen-bond donors (Lipinski definition) is 1. The van der Waals surface area contributed by atoms with Gasteiger partial charge in [-0.15, -0.1) is 0 Å². The Morgan fingerprint density at radius 2 is 2.11 bits per heavy atom. The van der Waals surface area contributed by atoms with Gasteiger partial charge in [0, 0.05) is 17.8 Å². The maximum absolute atomic E-state index is 12.1. The molecule has 1 atom stereocenters. The van der Waals surface area contributed by atoms with Crippen molar-refractivity contribution in [3.8, 4) is 0 Å². The van der Waals surface area contributed by atoms with Gasteiger partial charge in [-0.3, -0.25) is 4.79 Å². The minimum absolute atomic E-state index is 0.145. The van der Waals surface area contributed by atoms with E-state index < -0.39 is 15.4 Å². The van der Waals surface area contributed by atoms with Crippen molar-refractivity contribution >= 4 is 27.6 Å². The van der Waals surface area contributed by atoms with Gasteiger partial charge in [0.15, 0.2) is 0 Å². The van der Waals surface area contributed by atoms with Gasteiger partial charge in [0.2, 0.25) is 0 Å². The minimum atomic E-state index is -2.94. The topological polar surface area (TPSA) is 72.5 Å². The predicted octanol–water partition coefficient (Wildman–Crippen LogP) is 0.695. The van der Waals surface area contributed by atoms with Crippen molar-refractivity contribution in [3.63, 3.8) is 0 Å². The summed E-state index contributed by atoms with van der Waals surface area (Å²) in [5, 5.41) is 3.26. The number of thioether (sulfide) groups is 1. The van der Waals surface area contributed by atoms with E-state index >= 15 is 0 Å². The van der Waals surface area contributed by atoms with Crippen LogP contribution >= 0.6 is 11.8 Å². The Morgan fingerprint density at radius 1 is 1.47 bits per heavy atom. The van der Waals surface area contributed by atoms with Crippen molar-refractivity contribution < 1.29 is 17.9 Å². The average Bonchev–Trinajstić information content (AvgIpc) is 3.15. The van der Waals surface area contributed by atoms with E-state index in [9.17, 15) is 13.2 Å². The highest BCUT2D eigenvalue weighted by molar-refractivity contribution is 8.00. The number of carbonyl (C=O) groups is 1. The van der Waals surface area contributed by atoms with E-state index in [4.69, 9.17) is 4.74 Å². The molecule has 1 aliphatic rings. The fraction of sp³-hybridized carbons (Fsp3) is 0.917. The Kier molecular flexibility index (Phi) is 6.14. The Morgan fingerprint density at radius 3 is 2.53 bits per heavy atom. The number of rotatable bonds is 9. The van der Waals surface area contributed by atoms with Gasteiger partial charge in [0.25, 0.3) is 0 Å². The van der Waals surface area contributed by atoms with Crippen LogP contribution in [0.2, 0.25) is 0 Å². The summed E-state index contributed by atoms with van der Waals surface area (Å²) in [5.41, 5.74) is -0.647. The number of nitrogens with one attached hydrogen (secondary N) is 1. The Hall–Kier alpha value is -0.270. The van der Waals surface area contributed by atoms with Gasteiger partial charge in [0.1, 0.15) is 15.4 Å². The van der Waals surface area contributed by atoms with Gasteiger partial charge in [-0.05, 0) is 25.3 Å². The molecule has 1 aliphatic carbocycles. The second-order valence-electron chi connectivity index (χ2n) is 4.95. The van der Waals surface area contributed by atoms with Gasteiger partial charge < -0.3 is 10.1 Å². The molecule has 1 rings (SSSR count). The number of ether oxygens (including phenoxy) is 1. The Balaban J connectivity index is 2.61. The first-order valence-corrected chi connectivity index (χ1v) is 9.66. The second kappa shape index (κ2) is 6.95. The van der Waals surface area contributed by atoms with Crippen LogP contribution in [0, 0.1) is 5.92 Å². The monoisotopic (exact) mass is 309 g/mol. The third kappa shape index (κ3) is 4.96. The van der Waals surface area contributed by atoms with Crippen LogP contribution in [0.4, 0.5) is 0 Å². The molecule has 0 bridgehead atoms. The first-order valence-electron chi connectivity index (χ1n) is 6.44. The van der Waals surface area contributed by atoms with Gasteiger partial charge in [-0.2, -0.15) is 11.8 Å². The van der Waals surface area contributed by atoms with Crippen LogP contribution in [0.1, 0.15) is 19.8 Å². The molecule has 0 aromatic rings. The lowest BCUT2D eigenvalue weighted by Gasteiger charge is -2.31. The van der Waals surface area contributed by atoms with Crippen LogP contribution in [-0.2, 0) is 19.4 Å². The van der Waals surface area contributed by atoms with E-state index in [1.807, 2.05) is 6.92 Å². The molecule has 1 N–H and O–H groups in total. The average molecular weight is 309 g/mol. The van der Waals surface area contributed by atoms with Crippen LogP contribution in [0.15, 0.2) is 0 Å². The quantitative estimate of drug-likeness (QED) is 0.499. The van der Waals surface area contributed by atoms with E-state index in [0.717, 1.165) is 12.8 Å². The number of carbonyl (C=O) groups excluding carboxylic acids is 1. The van der Waals surface area contributed by atoms with Crippen LogP contribution in [0.3, 0.4) is 0 Å². The number of hydrogen-bond acceptors (Lipinski definition) is 6. The van der Waals surface area contributed by atoms with Gasteiger partial charge in [-0.1, -0.05) is 6.92 Å². The molecule has 5 nitrogen and oxygen atoms in total. The largest absolute Gasteiger partial charge is 0.468 e. The zero-order valence-electron chi connectivity index (χ0n) is 11.8. The summed E-state index contributed by atoms with van der Waals surface area (Å²) in [6.45, 7) is 2.65. The van der Waals surface area contributed by atoms with Gasteiger partial charge in [-0.25, -0.2) is 8.42 Å². The lowest BCUT2D eigenvalue weighted by Crippen LogP contribution is -2.56. The summed E-state index contributed by atoms with van der Waals surface area (Å²) in [4.78, 5) is 12.1. The lowest BCUT2D eigenvalue weighted by atomic mass is 9.95. The first kappa shape index (κ1) is 16.8. The predicted molar refractivity (Wildman–Crippen MR) is 78.2 cm³/mol. The van der Waals surface area contributed by atoms with E-state index in [-0.39, 0.29) is 11.7 Å². The van der Waals surface area contributed by atoms with E-state index in [0.29, 0.717) is 24.0 Å². The van der Waals surface area contributed by atoms with Crippen LogP contribution < -0.4 is 5.32 Å². The molecule has 1 unspecified atom stereocenters. The summed E-state index contributed by atoms with van der Waals surface area (Å²) < 4.78 is 27.1. The van der Waals surface area contributed by atoms with Gasteiger partial charge in [0.05, 0.1) is 12.9 Å². The second-order valence-corrected chi connectivity index (χ2v) is 8.31. The molecule has 112 valence electrons. The zero-order chi connectivity index (χ0) is 14.5. The van der Waals surface area contributed by atoms with Crippen molar-refractivity contribution in [2.75, 3.05) is 37.2 Å². The van der Waals surface area contributed by atoms with Crippen molar-refractivity contribution in [3.05, 3.63) is 0 Å². The van der Waals surface area contributed by atoms with Crippen molar-refractivity contribution in [1.82, 2.24) is 5.32 Å². The summed E-state index contributed by atoms with van der Waals surface area (Å²) in [6, 6.07) is 0. The summed E-state index contributed by atoms with van der Waals surface area (Å²) in [5.74, 6) is 1.30. The van der Waals surface area contributed by atoms with Crippen LogP contribution in [0.5, 0.6) is 0 Å². The summed E-state index contributed by atoms with van der Waals surface area (Å²) in [6.07, 6.45) is 3.27. The molecule has 0 spiro atoms. The molecular weight excluding hydrogens is 286 g/mol. The smallest absolute Gasteiger partial charge is 0.327 e. The highest BCUT2D eigenvalue weighted by Crippen LogP contribution is 2.42. The third-order valence-corrected chi connectivity index (χ3v) is 5.60. The molecule has 0 amide bonds. The van der Waals surface area contributed by atoms with E-state index in [2.05, 4.69) is 5.32 Å². The van der Waals surface area contributed by atoms with Crippen LogP contribution in [-0.4, -0.2) is 57.1 Å². The van der Waals surface area contributed by atoms with E-state index in [1.54, 1.807) is 0 Å².